The van der Waals surface area contributed by atoms with Gasteiger partial charge in [-0.1, -0.05) is 12.1 Å². The molecule has 0 bridgehead atoms. The van der Waals surface area contributed by atoms with Crippen molar-refractivity contribution in [3.63, 3.8) is 0 Å². The highest BCUT2D eigenvalue weighted by Crippen LogP contribution is 2.19. The summed E-state index contributed by atoms with van der Waals surface area (Å²) in [5, 5.41) is 0. The lowest BCUT2D eigenvalue weighted by Gasteiger charge is -2.08. The standard InChI is InChI=1S/C15H16N2O3/c16-13-3-1-2-4-14(13)20-11-15(18)19-10-7-12-5-8-17-9-6-12/h1-6,8-9H,7,10-11,16H2. The van der Waals surface area contributed by atoms with Crippen LogP contribution in [-0.2, 0) is 16.0 Å². The number of nitrogens with zero attached hydrogens (tertiary/aromatic N) is 1. The van der Waals surface area contributed by atoms with Crippen LogP contribution in [0.25, 0.3) is 0 Å². The molecule has 2 aromatic rings. The number of carbonyl (C=O) groups is 1. The number of benzene rings is 1. The number of carbonyl (C=O) groups excluding carboxylic acids is 1. The molecule has 0 spiro atoms. The highest BCUT2D eigenvalue weighted by Gasteiger charge is 2.06. The lowest BCUT2D eigenvalue weighted by Crippen LogP contribution is -2.16. The van der Waals surface area contributed by atoms with Gasteiger partial charge in [0.2, 0.25) is 0 Å². The first-order chi connectivity index (χ1) is 9.75. The molecule has 0 aliphatic heterocycles. The first-order valence-corrected chi connectivity index (χ1v) is 6.27. The molecule has 0 aliphatic carbocycles. The zero-order valence-electron chi connectivity index (χ0n) is 11.0. The van der Waals surface area contributed by atoms with Crippen LogP contribution < -0.4 is 10.5 Å². The van der Waals surface area contributed by atoms with Crippen molar-refractivity contribution in [3.8, 4) is 5.75 Å². The molecular weight excluding hydrogens is 256 g/mol. The maximum Gasteiger partial charge on any atom is 0.344 e. The van der Waals surface area contributed by atoms with Gasteiger partial charge in [0, 0.05) is 18.8 Å². The lowest BCUT2D eigenvalue weighted by atomic mass is 10.2. The van der Waals surface area contributed by atoms with Crippen molar-refractivity contribution in [2.24, 2.45) is 0 Å². The number of para-hydroxylation sites is 2. The molecule has 5 nitrogen and oxygen atoms in total. The maximum atomic E-state index is 11.5. The average molecular weight is 272 g/mol. The molecule has 0 radical (unpaired) electrons. The fourth-order valence-corrected chi connectivity index (χ4v) is 1.62. The topological polar surface area (TPSA) is 74.4 Å². The van der Waals surface area contributed by atoms with Crippen LogP contribution >= 0.6 is 0 Å². The third-order valence-electron chi connectivity index (χ3n) is 2.67. The summed E-state index contributed by atoms with van der Waals surface area (Å²) in [5.74, 6) is 0.0703. The maximum absolute atomic E-state index is 11.5. The summed E-state index contributed by atoms with van der Waals surface area (Å²) in [6.07, 6.45) is 4.07. The number of aromatic nitrogens is 1. The van der Waals surface area contributed by atoms with E-state index in [9.17, 15) is 4.79 Å². The van der Waals surface area contributed by atoms with Crippen LogP contribution in [0.2, 0.25) is 0 Å². The molecule has 0 saturated carbocycles. The number of anilines is 1. The second-order valence-corrected chi connectivity index (χ2v) is 4.15. The lowest BCUT2D eigenvalue weighted by molar-refractivity contribution is -0.145. The molecule has 0 aliphatic rings. The van der Waals surface area contributed by atoms with E-state index in [2.05, 4.69) is 4.98 Å². The van der Waals surface area contributed by atoms with Gasteiger partial charge in [0.25, 0.3) is 0 Å². The number of esters is 1. The molecule has 1 heterocycles. The number of hydrogen-bond acceptors (Lipinski definition) is 5. The van der Waals surface area contributed by atoms with Crippen molar-refractivity contribution in [3.05, 3.63) is 54.4 Å². The minimum atomic E-state index is -0.415. The summed E-state index contributed by atoms with van der Waals surface area (Å²) < 4.78 is 10.4. The van der Waals surface area contributed by atoms with Crippen molar-refractivity contribution in [1.82, 2.24) is 4.98 Å². The highest BCUT2D eigenvalue weighted by atomic mass is 16.6. The molecule has 0 amide bonds. The first-order valence-electron chi connectivity index (χ1n) is 6.27. The minimum absolute atomic E-state index is 0.148. The molecule has 0 atom stereocenters. The molecule has 104 valence electrons. The number of nitrogens with two attached hydrogens (primary N) is 1. The third kappa shape index (κ3) is 4.28. The van der Waals surface area contributed by atoms with E-state index in [-0.39, 0.29) is 6.61 Å². The van der Waals surface area contributed by atoms with E-state index in [1.807, 2.05) is 12.1 Å². The van der Waals surface area contributed by atoms with Crippen LogP contribution in [0.1, 0.15) is 5.56 Å². The van der Waals surface area contributed by atoms with Gasteiger partial charge in [0.05, 0.1) is 12.3 Å². The van der Waals surface area contributed by atoms with Crippen LogP contribution in [0.5, 0.6) is 5.75 Å². The Kier molecular flexibility index (Phi) is 4.94. The van der Waals surface area contributed by atoms with Crippen LogP contribution in [0.15, 0.2) is 48.8 Å². The molecule has 5 heteroatoms. The summed E-state index contributed by atoms with van der Waals surface area (Å²) >= 11 is 0. The van der Waals surface area contributed by atoms with Gasteiger partial charge in [-0.2, -0.15) is 0 Å². The van der Waals surface area contributed by atoms with E-state index >= 15 is 0 Å². The Morgan fingerprint density at radius 2 is 1.90 bits per heavy atom. The van der Waals surface area contributed by atoms with Crippen molar-refractivity contribution in [2.75, 3.05) is 18.9 Å². The summed E-state index contributed by atoms with van der Waals surface area (Å²) in [7, 11) is 0. The number of hydrogen-bond donors (Lipinski definition) is 1. The number of rotatable bonds is 6. The molecule has 2 rings (SSSR count). The van der Waals surface area contributed by atoms with Gasteiger partial charge in [-0.25, -0.2) is 4.79 Å². The van der Waals surface area contributed by atoms with Crippen LogP contribution in [0, 0.1) is 0 Å². The van der Waals surface area contributed by atoms with E-state index in [0.717, 1.165) is 5.56 Å². The Morgan fingerprint density at radius 1 is 1.15 bits per heavy atom. The van der Waals surface area contributed by atoms with Gasteiger partial charge in [0.15, 0.2) is 6.61 Å². The summed E-state index contributed by atoms with van der Waals surface area (Å²) in [6, 6.07) is 10.8. The van der Waals surface area contributed by atoms with Crippen molar-refractivity contribution < 1.29 is 14.3 Å². The Labute approximate surface area is 117 Å². The summed E-state index contributed by atoms with van der Waals surface area (Å²) in [6.45, 7) is 0.168. The monoisotopic (exact) mass is 272 g/mol. The van der Waals surface area contributed by atoms with Gasteiger partial charge < -0.3 is 15.2 Å². The molecule has 0 unspecified atom stereocenters. The zero-order valence-corrected chi connectivity index (χ0v) is 11.0. The van der Waals surface area contributed by atoms with E-state index in [4.69, 9.17) is 15.2 Å². The quantitative estimate of drug-likeness (QED) is 0.641. The molecule has 20 heavy (non-hydrogen) atoms. The summed E-state index contributed by atoms with van der Waals surface area (Å²) in [5.41, 5.74) is 7.27. The second-order valence-electron chi connectivity index (χ2n) is 4.15. The predicted molar refractivity (Wildman–Crippen MR) is 75.2 cm³/mol. The SMILES string of the molecule is Nc1ccccc1OCC(=O)OCCc1ccncc1. The fraction of sp³-hybridized carbons (Fsp3) is 0.200. The van der Waals surface area contributed by atoms with Crippen LogP contribution in [0.4, 0.5) is 5.69 Å². The van der Waals surface area contributed by atoms with E-state index in [1.54, 1.807) is 36.7 Å². The van der Waals surface area contributed by atoms with E-state index < -0.39 is 5.97 Å². The highest BCUT2D eigenvalue weighted by molar-refractivity contribution is 5.71. The van der Waals surface area contributed by atoms with Gasteiger partial charge in [-0.3, -0.25) is 4.98 Å². The first kappa shape index (κ1) is 13.9. The normalized spacial score (nSPS) is 10.0. The molecule has 1 aromatic heterocycles. The Balaban J connectivity index is 1.70. The Bertz CT molecular complexity index is 558. The van der Waals surface area contributed by atoms with Gasteiger partial charge in [-0.15, -0.1) is 0 Å². The predicted octanol–water partition coefficient (Wildman–Crippen LogP) is 1.83. The molecule has 2 N–H and O–H groups in total. The van der Waals surface area contributed by atoms with E-state index in [0.29, 0.717) is 24.5 Å². The third-order valence-corrected chi connectivity index (χ3v) is 2.67. The summed E-state index contributed by atoms with van der Waals surface area (Å²) in [4.78, 5) is 15.4. The van der Waals surface area contributed by atoms with Crippen LogP contribution in [0.3, 0.4) is 0 Å². The van der Waals surface area contributed by atoms with Gasteiger partial charge in [0.1, 0.15) is 5.75 Å². The van der Waals surface area contributed by atoms with Crippen molar-refractivity contribution >= 4 is 11.7 Å². The van der Waals surface area contributed by atoms with Gasteiger partial charge in [-0.05, 0) is 29.8 Å². The zero-order chi connectivity index (χ0) is 14.2. The van der Waals surface area contributed by atoms with Crippen molar-refractivity contribution in [2.45, 2.75) is 6.42 Å². The van der Waals surface area contributed by atoms with Gasteiger partial charge >= 0.3 is 5.97 Å². The van der Waals surface area contributed by atoms with Crippen LogP contribution in [-0.4, -0.2) is 24.2 Å². The molecule has 0 saturated heterocycles. The fourth-order valence-electron chi connectivity index (χ4n) is 1.62. The molecular formula is C15H16N2O3. The minimum Gasteiger partial charge on any atom is -0.480 e. The molecule has 0 fully saturated rings. The second kappa shape index (κ2) is 7.13. The largest absolute Gasteiger partial charge is 0.480 e. The van der Waals surface area contributed by atoms with Crippen molar-refractivity contribution in [1.29, 1.82) is 0 Å². The molecule has 1 aromatic carbocycles. The number of pyridine rings is 1. The number of ether oxygens (including phenoxy) is 2. The smallest absolute Gasteiger partial charge is 0.344 e. The van der Waals surface area contributed by atoms with E-state index in [1.165, 1.54) is 0 Å². The number of nitrogen functional groups attached to an aromatic ring is 1. The average Bonchev–Trinajstić information content (AvgIpc) is 2.47. The Morgan fingerprint density at radius 3 is 2.65 bits per heavy atom. The Hall–Kier alpha value is -2.56.